The number of nitrogens with two attached hydrogens (primary N) is 1. The van der Waals surface area contributed by atoms with Crippen LogP contribution in [-0.4, -0.2) is 9.97 Å². The van der Waals surface area contributed by atoms with Crippen molar-refractivity contribution in [3.63, 3.8) is 0 Å². The highest BCUT2D eigenvalue weighted by molar-refractivity contribution is 7.99. The Bertz CT molecular complexity index is 746. The van der Waals surface area contributed by atoms with Crippen molar-refractivity contribution >= 4 is 40.0 Å². The molecular weight excluding hydrogens is 278 g/mol. The van der Waals surface area contributed by atoms with E-state index in [4.69, 9.17) is 17.3 Å². The minimum absolute atomic E-state index is 0.673. The van der Waals surface area contributed by atoms with Crippen LogP contribution in [0.15, 0.2) is 58.7 Å². The molecule has 0 spiro atoms. The first-order valence-electron chi connectivity index (χ1n) is 5.65. The third-order valence-corrected chi connectivity index (χ3v) is 4.10. The quantitative estimate of drug-likeness (QED) is 0.773. The van der Waals surface area contributed by atoms with Gasteiger partial charge in [0.2, 0.25) is 0 Å². The lowest BCUT2D eigenvalue weighted by molar-refractivity contribution is 1.26. The Kier molecular flexibility index (Phi) is 3.27. The minimum atomic E-state index is 0.673. The molecule has 0 atom stereocenters. The van der Waals surface area contributed by atoms with Gasteiger partial charge in [0.1, 0.15) is 0 Å². The maximum absolute atomic E-state index is 5.98. The van der Waals surface area contributed by atoms with Gasteiger partial charge in [0.15, 0.2) is 0 Å². The predicted octanol–water partition coefficient (Wildman–Crippen LogP) is 4.02. The van der Waals surface area contributed by atoms with E-state index in [2.05, 4.69) is 9.97 Å². The number of halogens is 1. The zero-order valence-corrected chi connectivity index (χ0v) is 11.4. The summed E-state index contributed by atoms with van der Waals surface area (Å²) in [6.45, 7) is 0. The van der Waals surface area contributed by atoms with Gasteiger partial charge >= 0.3 is 0 Å². The van der Waals surface area contributed by atoms with Crippen molar-refractivity contribution in [2.24, 2.45) is 0 Å². The highest BCUT2D eigenvalue weighted by Crippen LogP contribution is 2.35. The first-order chi connectivity index (χ1) is 9.24. The van der Waals surface area contributed by atoms with Gasteiger partial charge in [-0.1, -0.05) is 29.4 Å². The molecule has 0 aliphatic rings. The SMILES string of the molecule is Nc1cnccc1Sc1ccnc2cc(Cl)ccc12. The summed E-state index contributed by atoms with van der Waals surface area (Å²) in [5, 5.41) is 1.75. The second kappa shape index (κ2) is 5.07. The molecular formula is C14H10ClN3S. The smallest absolute Gasteiger partial charge is 0.0728 e. The molecule has 94 valence electrons. The number of hydrogen-bond donors (Lipinski definition) is 1. The Balaban J connectivity index is 2.09. The summed E-state index contributed by atoms with van der Waals surface area (Å²) < 4.78 is 0. The van der Waals surface area contributed by atoms with Crippen LogP contribution in [0.3, 0.4) is 0 Å². The highest BCUT2D eigenvalue weighted by atomic mass is 35.5. The third kappa shape index (κ3) is 2.50. The van der Waals surface area contributed by atoms with Gasteiger partial charge in [0.25, 0.3) is 0 Å². The Morgan fingerprint density at radius 1 is 1.05 bits per heavy atom. The predicted molar refractivity (Wildman–Crippen MR) is 79.5 cm³/mol. The van der Waals surface area contributed by atoms with Gasteiger partial charge < -0.3 is 5.73 Å². The fourth-order valence-corrected chi connectivity index (χ4v) is 2.90. The van der Waals surface area contributed by atoms with Crippen molar-refractivity contribution in [2.45, 2.75) is 9.79 Å². The van der Waals surface area contributed by atoms with Crippen LogP contribution in [0, 0.1) is 0 Å². The molecule has 0 saturated heterocycles. The van der Waals surface area contributed by atoms with E-state index >= 15 is 0 Å². The monoisotopic (exact) mass is 287 g/mol. The van der Waals surface area contributed by atoms with Gasteiger partial charge in [-0.3, -0.25) is 9.97 Å². The molecule has 0 bridgehead atoms. The molecule has 3 aromatic rings. The molecule has 2 aromatic heterocycles. The van der Waals surface area contributed by atoms with Crippen molar-refractivity contribution < 1.29 is 0 Å². The number of pyridine rings is 2. The number of rotatable bonds is 2. The van der Waals surface area contributed by atoms with Crippen LogP contribution >= 0.6 is 23.4 Å². The maximum Gasteiger partial charge on any atom is 0.0728 e. The first-order valence-corrected chi connectivity index (χ1v) is 6.85. The molecule has 0 amide bonds. The highest BCUT2D eigenvalue weighted by Gasteiger charge is 2.06. The van der Waals surface area contributed by atoms with Crippen LogP contribution in [0.4, 0.5) is 5.69 Å². The minimum Gasteiger partial charge on any atom is -0.397 e. The van der Waals surface area contributed by atoms with Crippen molar-refractivity contribution in [2.75, 3.05) is 5.73 Å². The molecule has 5 heteroatoms. The number of anilines is 1. The number of hydrogen-bond acceptors (Lipinski definition) is 4. The van der Waals surface area contributed by atoms with Gasteiger partial charge in [-0.15, -0.1) is 0 Å². The molecule has 2 heterocycles. The van der Waals surface area contributed by atoms with Crippen LogP contribution in [0.5, 0.6) is 0 Å². The fraction of sp³-hybridized carbons (Fsp3) is 0. The second-order valence-corrected chi connectivity index (χ2v) is 5.51. The average molecular weight is 288 g/mol. The zero-order chi connectivity index (χ0) is 13.2. The Labute approximate surface area is 119 Å². The molecule has 0 fully saturated rings. The van der Waals surface area contributed by atoms with E-state index in [0.29, 0.717) is 10.7 Å². The van der Waals surface area contributed by atoms with Gasteiger partial charge in [0, 0.05) is 32.6 Å². The van der Waals surface area contributed by atoms with E-state index in [1.165, 1.54) is 0 Å². The van der Waals surface area contributed by atoms with Gasteiger partial charge in [0.05, 0.1) is 17.4 Å². The summed E-state index contributed by atoms with van der Waals surface area (Å²) in [4.78, 5) is 10.4. The summed E-state index contributed by atoms with van der Waals surface area (Å²) in [5.41, 5.74) is 7.47. The van der Waals surface area contributed by atoms with E-state index < -0.39 is 0 Å². The average Bonchev–Trinajstić information content (AvgIpc) is 2.41. The molecule has 19 heavy (non-hydrogen) atoms. The summed E-state index contributed by atoms with van der Waals surface area (Å²) in [7, 11) is 0. The van der Waals surface area contributed by atoms with E-state index in [1.54, 1.807) is 30.4 Å². The van der Waals surface area contributed by atoms with Crippen LogP contribution in [-0.2, 0) is 0 Å². The largest absolute Gasteiger partial charge is 0.397 e. The second-order valence-electron chi connectivity index (χ2n) is 3.99. The number of fused-ring (bicyclic) bond motifs is 1. The van der Waals surface area contributed by atoms with Gasteiger partial charge in [-0.05, 0) is 24.3 Å². The van der Waals surface area contributed by atoms with Crippen LogP contribution in [0.1, 0.15) is 0 Å². The number of nitrogen functional groups attached to an aromatic ring is 1. The van der Waals surface area contributed by atoms with E-state index in [1.807, 2.05) is 30.3 Å². The van der Waals surface area contributed by atoms with Crippen molar-refractivity contribution in [1.29, 1.82) is 0 Å². The lowest BCUT2D eigenvalue weighted by Crippen LogP contribution is -1.89. The number of aromatic nitrogens is 2. The fourth-order valence-electron chi connectivity index (χ4n) is 1.79. The van der Waals surface area contributed by atoms with E-state index in [0.717, 1.165) is 20.7 Å². The lowest BCUT2D eigenvalue weighted by Gasteiger charge is -2.07. The molecule has 0 saturated carbocycles. The summed E-state index contributed by atoms with van der Waals surface area (Å²) in [6, 6.07) is 9.58. The Morgan fingerprint density at radius 2 is 1.89 bits per heavy atom. The molecule has 3 nitrogen and oxygen atoms in total. The Hall–Kier alpha value is -1.78. The van der Waals surface area contributed by atoms with Gasteiger partial charge in [-0.2, -0.15) is 0 Å². The third-order valence-electron chi connectivity index (χ3n) is 2.69. The lowest BCUT2D eigenvalue weighted by atomic mass is 10.2. The van der Waals surface area contributed by atoms with Crippen LogP contribution < -0.4 is 5.73 Å². The summed E-state index contributed by atoms with van der Waals surface area (Å²) in [6.07, 6.45) is 5.17. The molecule has 0 aliphatic carbocycles. The summed E-state index contributed by atoms with van der Waals surface area (Å²) >= 11 is 7.58. The van der Waals surface area contributed by atoms with Crippen LogP contribution in [0.2, 0.25) is 5.02 Å². The zero-order valence-electron chi connectivity index (χ0n) is 9.88. The maximum atomic E-state index is 5.98. The molecule has 0 aliphatic heterocycles. The first kappa shape index (κ1) is 12.3. The molecule has 1 aromatic carbocycles. The molecule has 2 N–H and O–H groups in total. The van der Waals surface area contributed by atoms with Gasteiger partial charge in [-0.25, -0.2) is 0 Å². The number of benzene rings is 1. The summed E-state index contributed by atoms with van der Waals surface area (Å²) in [5.74, 6) is 0. The van der Waals surface area contributed by atoms with E-state index in [-0.39, 0.29) is 0 Å². The molecule has 0 radical (unpaired) electrons. The normalized spacial score (nSPS) is 10.8. The molecule has 0 unspecified atom stereocenters. The number of nitrogens with zero attached hydrogens (tertiary/aromatic N) is 2. The Morgan fingerprint density at radius 3 is 2.74 bits per heavy atom. The van der Waals surface area contributed by atoms with E-state index in [9.17, 15) is 0 Å². The topological polar surface area (TPSA) is 51.8 Å². The van der Waals surface area contributed by atoms with Crippen molar-refractivity contribution in [1.82, 2.24) is 9.97 Å². The van der Waals surface area contributed by atoms with Crippen LogP contribution in [0.25, 0.3) is 10.9 Å². The van der Waals surface area contributed by atoms with Crippen molar-refractivity contribution in [3.8, 4) is 0 Å². The van der Waals surface area contributed by atoms with Crippen molar-refractivity contribution in [3.05, 3.63) is 53.9 Å². The molecule has 3 rings (SSSR count). The standard InChI is InChI=1S/C14H10ClN3S/c15-9-1-2-10-12(7-9)18-6-4-13(10)19-14-3-5-17-8-11(14)16/h1-8H,16H2.